The number of nitrogens with zero attached hydrogens (tertiary/aromatic N) is 1. The Kier molecular flexibility index (Phi) is 5.94. The highest BCUT2D eigenvalue weighted by atomic mass is 32.2. The molecule has 1 aliphatic rings. The lowest BCUT2D eigenvalue weighted by Gasteiger charge is -2.21. The van der Waals surface area contributed by atoms with Crippen molar-refractivity contribution in [2.45, 2.75) is 25.3 Å². The fourth-order valence-corrected chi connectivity index (χ4v) is 4.88. The third-order valence-corrected chi connectivity index (χ3v) is 6.91. The molecule has 1 amide bonds. The molecule has 2 N–H and O–H groups in total. The van der Waals surface area contributed by atoms with Crippen LogP contribution in [0.3, 0.4) is 0 Å². The van der Waals surface area contributed by atoms with Gasteiger partial charge in [-0.25, -0.2) is 12.8 Å². The van der Waals surface area contributed by atoms with Gasteiger partial charge >= 0.3 is 0 Å². The first-order valence-electron chi connectivity index (χ1n) is 11.1. The third-order valence-electron chi connectivity index (χ3n) is 6.16. The van der Waals surface area contributed by atoms with Gasteiger partial charge < -0.3 is 14.8 Å². The molecule has 0 spiro atoms. The predicted molar refractivity (Wildman–Crippen MR) is 132 cm³/mol. The van der Waals surface area contributed by atoms with E-state index in [0.717, 1.165) is 18.4 Å². The van der Waals surface area contributed by atoms with Crippen LogP contribution in [0.1, 0.15) is 40.2 Å². The molecule has 0 unspecified atom stereocenters. The van der Waals surface area contributed by atoms with Crippen molar-refractivity contribution < 1.29 is 27.1 Å². The summed E-state index contributed by atoms with van der Waals surface area (Å²) in [6.07, 6.45) is 1.83. The molecule has 1 heterocycles. The summed E-state index contributed by atoms with van der Waals surface area (Å²) >= 11 is 0. The molecule has 1 fully saturated rings. The molecule has 3 aromatic carbocycles. The minimum Gasteiger partial charge on any atom is -0.508 e. The number of rotatable bonds is 7. The Bertz CT molecular complexity index is 1480. The molecule has 0 aliphatic heterocycles. The van der Waals surface area contributed by atoms with Gasteiger partial charge in [0.2, 0.25) is 10.9 Å². The van der Waals surface area contributed by atoms with E-state index in [2.05, 4.69) is 5.32 Å². The number of halogens is 1. The number of amides is 1. The molecule has 1 aliphatic carbocycles. The number of nitrogens with one attached hydrogen (secondary N) is 1. The van der Waals surface area contributed by atoms with Crippen LogP contribution in [-0.4, -0.2) is 26.5 Å². The average molecular weight is 495 g/mol. The number of furan rings is 1. The van der Waals surface area contributed by atoms with Crippen molar-refractivity contribution in [3.63, 3.8) is 0 Å². The lowest BCUT2D eigenvalue weighted by atomic mass is 10.00. The van der Waals surface area contributed by atoms with Crippen molar-refractivity contribution >= 4 is 33.5 Å². The quantitative estimate of drug-likeness (QED) is 0.323. The largest absolute Gasteiger partial charge is 0.508 e. The van der Waals surface area contributed by atoms with Crippen LogP contribution in [0, 0.1) is 5.82 Å². The molecular formula is C26H23FN2O5S. The summed E-state index contributed by atoms with van der Waals surface area (Å²) in [6, 6.07) is 15.5. The average Bonchev–Trinajstić information content (AvgIpc) is 3.63. The molecule has 0 bridgehead atoms. The zero-order chi connectivity index (χ0) is 24.7. The molecule has 7 nitrogen and oxygen atoms in total. The van der Waals surface area contributed by atoms with Gasteiger partial charge in [0.25, 0.3) is 5.91 Å². The maximum atomic E-state index is 13.5. The third kappa shape index (κ3) is 4.46. The van der Waals surface area contributed by atoms with Gasteiger partial charge in [0.1, 0.15) is 22.9 Å². The molecule has 9 heteroatoms. The van der Waals surface area contributed by atoms with Crippen molar-refractivity contribution in [1.82, 2.24) is 5.32 Å². The van der Waals surface area contributed by atoms with Crippen molar-refractivity contribution in [2.75, 3.05) is 11.4 Å². The number of aromatic hydroxyl groups is 1. The molecule has 1 aromatic heterocycles. The van der Waals surface area contributed by atoms with E-state index in [1.165, 1.54) is 47.8 Å². The van der Waals surface area contributed by atoms with Crippen LogP contribution in [0.4, 0.5) is 10.1 Å². The monoisotopic (exact) mass is 494 g/mol. The Morgan fingerprint density at radius 2 is 1.80 bits per heavy atom. The Morgan fingerprint density at radius 3 is 2.40 bits per heavy atom. The number of fused-ring (bicyclic) bond motifs is 1. The van der Waals surface area contributed by atoms with Crippen LogP contribution in [0.2, 0.25) is 0 Å². The number of carbonyl (C=O) groups excluding carboxylic acids is 1. The van der Waals surface area contributed by atoms with Crippen LogP contribution in [0.15, 0.2) is 65.1 Å². The van der Waals surface area contributed by atoms with Gasteiger partial charge in [-0.15, -0.1) is 0 Å². The molecule has 0 atom stereocenters. The summed E-state index contributed by atoms with van der Waals surface area (Å²) in [6.45, 7) is 0.0814. The van der Waals surface area contributed by atoms with Gasteiger partial charge in [0.15, 0.2) is 0 Å². The summed E-state index contributed by atoms with van der Waals surface area (Å²) in [4.78, 5) is 12.9. The van der Waals surface area contributed by atoms with Crippen LogP contribution in [-0.2, 0) is 17.4 Å². The first-order chi connectivity index (χ1) is 16.9. The SMILES string of the molecule is CNC(=O)c1c(-c2ccc(F)cc2)oc2cc(N(Cc3ccc(O)cc3)[SH](=O)=O)c(C3CC3)cc12. The van der Waals surface area contributed by atoms with E-state index in [1.54, 1.807) is 18.2 Å². The minimum atomic E-state index is -3.00. The van der Waals surface area contributed by atoms with E-state index >= 15 is 0 Å². The summed E-state index contributed by atoms with van der Waals surface area (Å²) < 4.78 is 45.6. The Morgan fingerprint density at radius 1 is 1.11 bits per heavy atom. The molecule has 5 rings (SSSR count). The van der Waals surface area contributed by atoms with Crippen LogP contribution >= 0.6 is 0 Å². The van der Waals surface area contributed by atoms with Crippen LogP contribution < -0.4 is 9.62 Å². The topological polar surface area (TPSA) is 99.8 Å². The molecule has 4 aromatic rings. The van der Waals surface area contributed by atoms with E-state index in [4.69, 9.17) is 4.42 Å². The lowest BCUT2D eigenvalue weighted by Crippen LogP contribution is -2.22. The van der Waals surface area contributed by atoms with E-state index in [1.807, 2.05) is 6.07 Å². The number of phenolic OH excluding ortho intramolecular Hbond substituents is 1. The summed E-state index contributed by atoms with van der Waals surface area (Å²) in [5.41, 5.74) is 3.24. The molecule has 1 saturated carbocycles. The fraction of sp³-hybridized carbons (Fsp3) is 0.192. The second kappa shape index (κ2) is 9.07. The Hall–Kier alpha value is -3.85. The number of hydrogen-bond donors (Lipinski definition) is 3. The van der Waals surface area contributed by atoms with Gasteiger partial charge in [-0.3, -0.25) is 9.10 Å². The number of benzene rings is 3. The van der Waals surface area contributed by atoms with Crippen molar-refractivity contribution in [1.29, 1.82) is 0 Å². The zero-order valence-electron chi connectivity index (χ0n) is 18.8. The van der Waals surface area contributed by atoms with E-state index < -0.39 is 16.7 Å². The normalized spacial score (nSPS) is 13.3. The Labute approximate surface area is 202 Å². The number of thiol groups is 1. The second-order valence-corrected chi connectivity index (χ2v) is 9.49. The van der Waals surface area contributed by atoms with Crippen molar-refractivity contribution in [2.24, 2.45) is 0 Å². The van der Waals surface area contributed by atoms with Gasteiger partial charge in [0.05, 0.1) is 17.8 Å². The number of carbonyl (C=O) groups is 1. The molecular weight excluding hydrogens is 471 g/mol. The Balaban J connectivity index is 1.69. The lowest BCUT2D eigenvalue weighted by molar-refractivity contribution is 0.0964. The smallest absolute Gasteiger partial charge is 0.255 e. The maximum Gasteiger partial charge on any atom is 0.255 e. The van der Waals surface area contributed by atoms with Gasteiger partial charge in [-0.1, -0.05) is 12.1 Å². The van der Waals surface area contributed by atoms with Crippen LogP contribution in [0.25, 0.3) is 22.3 Å². The summed E-state index contributed by atoms with van der Waals surface area (Å²) in [5, 5.41) is 12.8. The molecule has 0 radical (unpaired) electrons. The van der Waals surface area contributed by atoms with Crippen LogP contribution in [0.5, 0.6) is 5.75 Å². The zero-order valence-corrected chi connectivity index (χ0v) is 19.7. The fourth-order valence-electron chi connectivity index (χ4n) is 4.25. The van der Waals surface area contributed by atoms with E-state index in [9.17, 15) is 22.7 Å². The van der Waals surface area contributed by atoms with Gasteiger partial charge in [0, 0.05) is 24.1 Å². The number of hydrogen-bond acceptors (Lipinski definition) is 5. The highest BCUT2D eigenvalue weighted by molar-refractivity contribution is 7.74. The summed E-state index contributed by atoms with van der Waals surface area (Å²) in [5.74, 6) is -0.206. The molecule has 180 valence electrons. The van der Waals surface area contributed by atoms with E-state index in [0.29, 0.717) is 33.3 Å². The molecule has 35 heavy (non-hydrogen) atoms. The molecule has 0 saturated heterocycles. The summed E-state index contributed by atoms with van der Waals surface area (Å²) in [7, 11) is -1.47. The second-order valence-electron chi connectivity index (χ2n) is 8.54. The highest BCUT2D eigenvalue weighted by Gasteiger charge is 2.31. The standard InChI is InChI=1S/C26H23FN2O5S/c1-28-26(31)24-21-12-20(16-4-5-16)22(29(35(32)33)14-15-2-10-19(30)11-3-15)13-23(21)34-25(24)17-6-8-18(27)9-7-17/h2-3,6-13,16,30,35H,4-5,14H2,1H3,(H,28,31). The van der Waals surface area contributed by atoms with Crippen molar-refractivity contribution in [3.8, 4) is 17.1 Å². The van der Waals surface area contributed by atoms with Gasteiger partial charge in [-0.2, -0.15) is 0 Å². The predicted octanol–water partition coefficient (Wildman–Crippen LogP) is 4.71. The van der Waals surface area contributed by atoms with Gasteiger partial charge in [-0.05, 0) is 72.4 Å². The number of anilines is 1. The van der Waals surface area contributed by atoms with E-state index in [-0.39, 0.29) is 29.9 Å². The highest BCUT2D eigenvalue weighted by Crippen LogP contribution is 2.48. The maximum absolute atomic E-state index is 13.5. The first kappa shape index (κ1) is 22.9. The minimum absolute atomic E-state index is 0.0814. The first-order valence-corrected chi connectivity index (χ1v) is 12.3. The number of phenols is 1. The van der Waals surface area contributed by atoms with Crippen molar-refractivity contribution in [3.05, 3.63) is 83.2 Å².